The zero-order valence-corrected chi connectivity index (χ0v) is 15.3. The first kappa shape index (κ1) is 18.4. The molecule has 0 unspecified atom stereocenters. The number of methoxy groups -OCH3 is 1. The van der Waals surface area contributed by atoms with Gasteiger partial charge in [0.15, 0.2) is 6.10 Å². The van der Waals surface area contributed by atoms with E-state index in [1.807, 2.05) is 24.3 Å². The summed E-state index contributed by atoms with van der Waals surface area (Å²) in [6.07, 6.45) is -1.05. The van der Waals surface area contributed by atoms with Gasteiger partial charge in [-0.05, 0) is 39.8 Å². The van der Waals surface area contributed by atoms with Crippen LogP contribution in [0.3, 0.4) is 0 Å². The molecule has 0 radical (unpaired) electrons. The molecule has 5 nitrogen and oxygen atoms in total. The third-order valence-electron chi connectivity index (χ3n) is 3.55. The van der Waals surface area contributed by atoms with Crippen molar-refractivity contribution in [3.05, 3.63) is 69.3 Å². The van der Waals surface area contributed by atoms with Crippen LogP contribution in [0.5, 0.6) is 0 Å². The molecule has 2 N–H and O–H groups in total. The number of aliphatic hydroxyl groups excluding tert-OH is 1. The minimum atomic E-state index is -1.34. The van der Waals surface area contributed by atoms with E-state index in [2.05, 4.69) is 27.9 Å². The molecule has 24 heavy (non-hydrogen) atoms. The molecule has 0 saturated carbocycles. The van der Waals surface area contributed by atoms with E-state index in [4.69, 9.17) is 4.74 Å². The van der Waals surface area contributed by atoms with Crippen molar-refractivity contribution in [2.75, 3.05) is 7.11 Å². The topological polar surface area (TPSA) is 75.6 Å². The quantitative estimate of drug-likeness (QED) is 0.535. The van der Waals surface area contributed by atoms with Crippen LogP contribution >= 0.6 is 22.6 Å². The van der Waals surface area contributed by atoms with Crippen molar-refractivity contribution in [3.63, 3.8) is 0 Å². The summed E-state index contributed by atoms with van der Waals surface area (Å²) >= 11 is 2.17. The predicted octanol–water partition coefficient (Wildman–Crippen LogP) is 2.23. The summed E-state index contributed by atoms with van der Waals surface area (Å²) in [6, 6.07) is 15.3. The molecule has 2 aromatic carbocycles. The number of hydrogen-bond donors (Lipinski definition) is 2. The van der Waals surface area contributed by atoms with Crippen LogP contribution in [-0.4, -0.2) is 30.1 Å². The summed E-state index contributed by atoms with van der Waals surface area (Å²) in [4.78, 5) is 24.3. The van der Waals surface area contributed by atoms with Gasteiger partial charge in [0.05, 0.1) is 7.11 Å². The highest BCUT2D eigenvalue weighted by Crippen LogP contribution is 2.16. The highest BCUT2D eigenvalue weighted by atomic mass is 127. The molecule has 0 fully saturated rings. The van der Waals surface area contributed by atoms with Gasteiger partial charge in [-0.3, -0.25) is 4.79 Å². The smallest absolute Gasteiger partial charge is 0.328 e. The first-order chi connectivity index (χ1) is 11.5. The van der Waals surface area contributed by atoms with Crippen LogP contribution in [-0.2, 0) is 20.7 Å². The molecular weight excluding hydrogens is 421 g/mol. The highest BCUT2D eigenvalue weighted by Gasteiger charge is 2.26. The Hall–Kier alpha value is -1.93. The fourth-order valence-electron chi connectivity index (χ4n) is 2.26. The number of carbonyl (C=O) groups is 2. The molecule has 0 aliphatic rings. The van der Waals surface area contributed by atoms with Crippen LogP contribution in [0.1, 0.15) is 17.2 Å². The zero-order valence-electron chi connectivity index (χ0n) is 13.1. The largest absolute Gasteiger partial charge is 0.467 e. The summed E-state index contributed by atoms with van der Waals surface area (Å²) in [5.41, 5.74) is 1.39. The molecule has 6 heteroatoms. The van der Waals surface area contributed by atoms with Gasteiger partial charge >= 0.3 is 5.97 Å². The molecule has 2 atom stereocenters. The lowest BCUT2D eigenvalue weighted by molar-refractivity contribution is -0.146. The molecule has 0 heterocycles. The Balaban J connectivity index is 2.13. The molecule has 2 rings (SSSR count). The number of amides is 1. The Labute approximate surface area is 154 Å². The Morgan fingerprint density at radius 2 is 1.75 bits per heavy atom. The van der Waals surface area contributed by atoms with Crippen LogP contribution in [0, 0.1) is 3.57 Å². The number of benzene rings is 2. The standard InChI is InChI=1S/C18H18INO4/c1-24-18(23)15(11-13-9-5-6-10-14(13)19)20-17(22)16(21)12-7-3-2-4-8-12/h2-10,15-16,21H,11H2,1H3,(H,20,22)/t15-,16+/m1/s1. The van der Waals surface area contributed by atoms with Gasteiger partial charge in [-0.1, -0.05) is 48.5 Å². The van der Waals surface area contributed by atoms with Gasteiger partial charge in [-0.15, -0.1) is 0 Å². The van der Waals surface area contributed by atoms with E-state index in [-0.39, 0.29) is 0 Å². The maximum Gasteiger partial charge on any atom is 0.328 e. The average molecular weight is 439 g/mol. The Morgan fingerprint density at radius 3 is 2.38 bits per heavy atom. The number of rotatable bonds is 6. The number of hydrogen-bond acceptors (Lipinski definition) is 4. The predicted molar refractivity (Wildman–Crippen MR) is 98.2 cm³/mol. The summed E-state index contributed by atoms with van der Waals surface area (Å²) in [6.45, 7) is 0. The summed E-state index contributed by atoms with van der Waals surface area (Å²) in [5.74, 6) is -1.19. The van der Waals surface area contributed by atoms with Crippen LogP contribution < -0.4 is 5.32 Å². The van der Waals surface area contributed by atoms with Crippen molar-refractivity contribution < 1.29 is 19.4 Å². The lowest BCUT2D eigenvalue weighted by atomic mass is 10.0. The Kier molecular flexibility index (Phi) is 6.74. The maximum atomic E-state index is 12.3. The fraction of sp³-hybridized carbons (Fsp3) is 0.222. The van der Waals surface area contributed by atoms with E-state index in [9.17, 15) is 14.7 Å². The van der Waals surface area contributed by atoms with Crippen LogP contribution in [0.4, 0.5) is 0 Å². The molecular formula is C18H18INO4. The highest BCUT2D eigenvalue weighted by molar-refractivity contribution is 14.1. The monoisotopic (exact) mass is 439 g/mol. The van der Waals surface area contributed by atoms with Crippen molar-refractivity contribution in [1.29, 1.82) is 0 Å². The number of aliphatic hydroxyl groups is 1. The van der Waals surface area contributed by atoms with Gasteiger partial charge in [-0.25, -0.2) is 4.79 Å². The first-order valence-electron chi connectivity index (χ1n) is 7.37. The second-order valence-corrected chi connectivity index (χ2v) is 6.36. The third kappa shape index (κ3) is 4.78. The minimum Gasteiger partial charge on any atom is -0.467 e. The van der Waals surface area contributed by atoms with Crippen LogP contribution in [0.2, 0.25) is 0 Å². The average Bonchev–Trinajstić information content (AvgIpc) is 2.62. The lowest BCUT2D eigenvalue weighted by Crippen LogP contribution is -2.45. The number of ether oxygens (including phenoxy) is 1. The molecule has 1 amide bonds. The lowest BCUT2D eigenvalue weighted by Gasteiger charge is -2.19. The van der Waals surface area contributed by atoms with Gasteiger partial charge in [0, 0.05) is 9.99 Å². The van der Waals surface area contributed by atoms with E-state index in [1.54, 1.807) is 30.3 Å². The second kappa shape index (κ2) is 8.79. The molecule has 0 aliphatic heterocycles. The molecule has 0 bridgehead atoms. The van der Waals surface area contributed by atoms with E-state index in [0.29, 0.717) is 12.0 Å². The molecule has 126 valence electrons. The molecule has 0 aromatic heterocycles. The number of halogens is 1. The van der Waals surface area contributed by atoms with Gasteiger partial charge < -0.3 is 15.2 Å². The maximum absolute atomic E-state index is 12.3. The van der Waals surface area contributed by atoms with Crippen molar-refractivity contribution >= 4 is 34.5 Å². The van der Waals surface area contributed by atoms with E-state index in [1.165, 1.54) is 7.11 Å². The van der Waals surface area contributed by atoms with Gasteiger partial charge in [0.25, 0.3) is 5.91 Å². The SMILES string of the molecule is COC(=O)[C@@H](Cc1ccccc1I)NC(=O)[C@@H](O)c1ccccc1. The third-order valence-corrected chi connectivity index (χ3v) is 4.60. The van der Waals surface area contributed by atoms with E-state index < -0.39 is 24.0 Å². The molecule has 0 spiro atoms. The summed E-state index contributed by atoms with van der Waals surface area (Å²) in [5, 5.41) is 12.7. The van der Waals surface area contributed by atoms with Gasteiger partial charge in [0.1, 0.15) is 6.04 Å². The van der Waals surface area contributed by atoms with Crippen molar-refractivity contribution in [3.8, 4) is 0 Å². The molecule has 0 saturated heterocycles. The van der Waals surface area contributed by atoms with Crippen LogP contribution in [0.15, 0.2) is 54.6 Å². The first-order valence-corrected chi connectivity index (χ1v) is 8.45. The van der Waals surface area contributed by atoms with Crippen LogP contribution in [0.25, 0.3) is 0 Å². The second-order valence-electron chi connectivity index (χ2n) is 5.19. The van der Waals surface area contributed by atoms with E-state index >= 15 is 0 Å². The summed E-state index contributed by atoms with van der Waals surface area (Å²) in [7, 11) is 1.27. The Morgan fingerprint density at radius 1 is 1.12 bits per heavy atom. The van der Waals surface area contributed by atoms with Gasteiger partial charge in [-0.2, -0.15) is 0 Å². The zero-order chi connectivity index (χ0) is 17.5. The Bertz CT molecular complexity index is 705. The number of esters is 1. The van der Waals surface area contributed by atoms with Crippen molar-refractivity contribution in [2.24, 2.45) is 0 Å². The molecule has 0 aliphatic carbocycles. The summed E-state index contributed by atoms with van der Waals surface area (Å²) < 4.78 is 5.76. The van der Waals surface area contributed by atoms with Crippen molar-refractivity contribution in [1.82, 2.24) is 5.32 Å². The number of carbonyl (C=O) groups excluding carboxylic acids is 2. The minimum absolute atomic E-state index is 0.291. The molecule has 2 aromatic rings. The van der Waals surface area contributed by atoms with Gasteiger partial charge in [0.2, 0.25) is 0 Å². The fourth-order valence-corrected chi connectivity index (χ4v) is 2.86. The normalized spacial score (nSPS) is 13.0. The number of nitrogens with one attached hydrogen (secondary N) is 1. The van der Waals surface area contributed by atoms with E-state index in [0.717, 1.165) is 9.13 Å². The van der Waals surface area contributed by atoms with Crippen molar-refractivity contribution in [2.45, 2.75) is 18.6 Å².